The van der Waals surface area contributed by atoms with Crippen LogP contribution in [0, 0.1) is 0 Å². The molecule has 0 unspecified atom stereocenters. The summed E-state index contributed by atoms with van der Waals surface area (Å²) < 4.78 is 6.74. The summed E-state index contributed by atoms with van der Waals surface area (Å²) >= 11 is 11.9. The van der Waals surface area contributed by atoms with E-state index in [1.54, 1.807) is 41.9 Å². The Hall–Kier alpha value is -2.30. The molecule has 0 spiro atoms. The molecule has 122 valence electrons. The van der Waals surface area contributed by atoms with Crippen LogP contribution in [-0.2, 0) is 4.74 Å². The lowest BCUT2D eigenvalue weighted by Gasteiger charge is -2.07. The predicted octanol–water partition coefficient (Wildman–Crippen LogP) is 5.02. The molecule has 3 rings (SSSR count). The summed E-state index contributed by atoms with van der Waals surface area (Å²) in [7, 11) is 0. The van der Waals surface area contributed by atoms with Gasteiger partial charge in [0.15, 0.2) is 5.69 Å². The van der Waals surface area contributed by atoms with E-state index in [0.29, 0.717) is 16.7 Å². The van der Waals surface area contributed by atoms with E-state index in [9.17, 15) is 4.79 Å². The standard InChI is InChI=1S/C18H14Cl2N2O2/c1-2-24-18(23)16-11-17(12-3-5-13(19)6-4-12)22(21-16)15-9-7-14(20)8-10-15/h3-11H,2H2,1H3. The first-order chi connectivity index (χ1) is 11.6. The van der Waals surface area contributed by atoms with Gasteiger partial charge in [-0.05, 0) is 49.4 Å². The Morgan fingerprint density at radius 2 is 1.62 bits per heavy atom. The predicted molar refractivity (Wildman–Crippen MR) is 95.0 cm³/mol. The van der Waals surface area contributed by atoms with Gasteiger partial charge in [-0.3, -0.25) is 0 Å². The van der Waals surface area contributed by atoms with Gasteiger partial charge in [0.05, 0.1) is 18.0 Å². The van der Waals surface area contributed by atoms with Crippen LogP contribution in [0.25, 0.3) is 16.9 Å². The number of aromatic nitrogens is 2. The average molecular weight is 361 g/mol. The number of benzene rings is 2. The van der Waals surface area contributed by atoms with Crippen LogP contribution in [0.3, 0.4) is 0 Å². The summed E-state index contributed by atoms with van der Waals surface area (Å²) in [6, 6.07) is 16.3. The van der Waals surface area contributed by atoms with E-state index in [1.165, 1.54) is 0 Å². The first-order valence-electron chi connectivity index (χ1n) is 7.37. The molecule has 24 heavy (non-hydrogen) atoms. The fourth-order valence-electron chi connectivity index (χ4n) is 2.29. The molecular weight excluding hydrogens is 347 g/mol. The van der Waals surface area contributed by atoms with E-state index in [1.807, 2.05) is 24.3 Å². The minimum Gasteiger partial charge on any atom is -0.461 e. The van der Waals surface area contributed by atoms with Gasteiger partial charge in [0.1, 0.15) is 0 Å². The van der Waals surface area contributed by atoms with Gasteiger partial charge in [0.2, 0.25) is 0 Å². The van der Waals surface area contributed by atoms with Gasteiger partial charge < -0.3 is 4.74 Å². The SMILES string of the molecule is CCOC(=O)c1cc(-c2ccc(Cl)cc2)n(-c2ccc(Cl)cc2)n1. The van der Waals surface area contributed by atoms with E-state index >= 15 is 0 Å². The summed E-state index contributed by atoms with van der Waals surface area (Å²) in [5.74, 6) is -0.458. The number of hydrogen-bond donors (Lipinski definition) is 0. The molecule has 0 fully saturated rings. The van der Waals surface area contributed by atoms with Crippen molar-refractivity contribution in [2.24, 2.45) is 0 Å². The lowest BCUT2D eigenvalue weighted by atomic mass is 10.1. The van der Waals surface area contributed by atoms with Gasteiger partial charge in [-0.1, -0.05) is 35.3 Å². The largest absolute Gasteiger partial charge is 0.461 e. The van der Waals surface area contributed by atoms with E-state index in [-0.39, 0.29) is 5.69 Å². The number of halogens is 2. The third-order valence-corrected chi connectivity index (χ3v) is 3.91. The second kappa shape index (κ2) is 7.07. The molecule has 0 N–H and O–H groups in total. The highest BCUT2D eigenvalue weighted by atomic mass is 35.5. The van der Waals surface area contributed by atoms with E-state index < -0.39 is 5.97 Å². The van der Waals surface area contributed by atoms with Crippen LogP contribution in [-0.4, -0.2) is 22.4 Å². The number of rotatable bonds is 4. The molecule has 1 aromatic heterocycles. The third-order valence-electron chi connectivity index (χ3n) is 3.41. The van der Waals surface area contributed by atoms with Gasteiger partial charge in [-0.15, -0.1) is 0 Å². The summed E-state index contributed by atoms with van der Waals surface area (Å²) in [5, 5.41) is 5.66. The number of ether oxygens (including phenoxy) is 1. The minimum atomic E-state index is -0.458. The van der Waals surface area contributed by atoms with Crippen LogP contribution < -0.4 is 0 Å². The molecule has 3 aromatic rings. The third kappa shape index (κ3) is 3.45. The Balaban J connectivity index is 2.12. The highest BCUT2D eigenvalue weighted by Crippen LogP contribution is 2.26. The van der Waals surface area contributed by atoms with Crippen molar-refractivity contribution in [1.29, 1.82) is 0 Å². The Labute approximate surface area is 149 Å². The van der Waals surface area contributed by atoms with Gasteiger partial charge in [0.25, 0.3) is 0 Å². The molecule has 0 aliphatic carbocycles. The Morgan fingerprint density at radius 1 is 1.04 bits per heavy atom. The van der Waals surface area contributed by atoms with E-state index in [2.05, 4.69) is 5.10 Å². The van der Waals surface area contributed by atoms with Crippen molar-refractivity contribution in [3.63, 3.8) is 0 Å². The summed E-state index contributed by atoms with van der Waals surface area (Å²) in [6.45, 7) is 2.05. The monoisotopic (exact) mass is 360 g/mol. The number of carbonyl (C=O) groups excluding carboxylic acids is 1. The molecule has 0 atom stereocenters. The van der Waals surface area contributed by atoms with Crippen molar-refractivity contribution >= 4 is 29.2 Å². The van der Waals surface area contributed by atoms with Crippen LogP contribution in [0.4, 0.5) is 0 Å². The maximum Gasteiger partial charge on any atom is 0.358 e. The molecule has 1 heterocycles. The fraction of sp³-hybridized carbons (Fsp3) is 0.111. The lowest BCUT2D eigenvalue weighted by Crippen LogP contribution is -2.06. The van der Waals surface area contributed by atoms with Crippen molar-refractivity contribution in [2.45, 2.75) is 6.92 Å². The molecule has 0 saturated heterocycles. The maximum atomic E-state index is 12.0. The first kappa shape index (κ1) is 16.6. The van der Waals surface area contributed by atoms with Crippen LogP contribution in [0.1, 0.15) is 17.4 Å². The molecular formula is C18H14Cl2N2O2. The van der Waals surface area contributed by atoms with Crippen molar-refractivity contribution in [1.82, 2.24) is 9.78 Å². The second-order valence-corrected chi connectivity index (χ2v) is 5.90. The molecule has 6 heteroatoms. The van der Waals surface area contributed by atoms with Crippen LogP contribution in [0.2, 0.25) is 10.0 Å². The van der Waals surface area contributed by atoms with Gasteiger partial charge >= 0.3 is 5.97 Å². The minimum absolute atomic E-state index is 0.247. The Morgan fingerprint density at radius 3 is 2.21 bits per heavy atom. The topological polar surface area (TPSA) is 44.1 Å². The molecule has 0 bridgehead atoms. The van der Waals surface area contributed by atoms with Crippen molar-refractivity contribution < 1.29 is 9.53 Å². The van der Waals surface area contributed by atoms with E-state index in [0.717, 1.165) is 16.9 Å². The van der Waals surface area contributed by atoms with Crippen LogP contribution in [0.5, 0.6) is 0 Å². The van der Waals surface area contributed by atoms with Crippen molar-refractivity contribution in [2.75, 3.05) is 6.61 Å². The van der Waals surface area contributed by atoms with Gasteiger partial charge in [0, 0.05) is 15.6 Å². The molecule has 2 aromatic carbocycles. The fourth-order valence-corrected chi connectivity index (χ4v) is 2.54. The number of nitrogens with zero attached hydrogens (tertiary/aromatic N) is 2. The highest BCUT2D eigenvalue weighted by Gasteiger charge is 2.17. The Bertz CT molecular complexity index is 793. The van der Waals surface area contributed by atoms with Gasteiger partial charge in [-0.25, -0.2) is 9.48 Å². The van der Waals surface area contributed by atoms with Crippen LogP contribution >= 0.6 is 23.2 Å². The Kier molecular flexibility index (Phi) is 4.88. The van der Waals surface area contributed by atoms with Crippen molar-refractivity contribution in [3.05, 3.63) is 70.3 Å². The van der Waals surface area contributed by atoms with Crippen LogP contribution in [0.15, 0.2) is 54.6 Å². The summed E-state index contributed by atoms with van der Waals surface area (Å²) in [5.41, 5.74) is 2.69. The summed E-state index contributed by atoms with van der Waals surface area (Å²) in [4.78, 5) is 12.0. The summed E-state index contributed by atoms with van der Waals surface area (Å²) in [6.07, 6.45) is 0. The zero-order valence-electron chi connectivity index (χ0n) is 12.9. The molecule has 0 aliphatic rings. The zero-order chi connectivity index (χ0) is 17.1. The zero-order valence-corrected chi connectivity index (χ0v) is 14.4. The molecule has 0 saturated carbocycles. The normalized spacial score (nSPS) is 10.6. The molecule has 4 nitrogen and oxygen atoms in total. The van der Waals surface area contributed by atoms with Gasteiger partial charge in [-0.2, -0.15) is 5.10 Å². The molecule has 0 aliphatic heterocycles. The van der Waals surface area contributed by atoms with Crippen molar-refractivity contribution in [3.8, 4) is 16.9 Å². The maximum absolute atomic E-state index is 12.0. The number of esters is 1. The smallest absolute Gasteiger partial charge is 0.358 e. The second-order valence-electron chi connectivity index (χ2n) is 5.03. The molecule has 0 radical (unpaired) electrons. The first-order valence-corrected chi connectivity index (χ1v) is 8.13. The number of hydrogen-bond acceptors (Lipinski definition) is 3. The number of carbonyl (C=O) groups is 1. The lowest BCUT2D eigenvalue weighted by molar-refractivity contribution is 0.0519. The average Bonchev–Trinajstić information content (AvgIpc) is 3.02. The van der Waals surface area contributed by atoms with E-state index in [4.69, 9.17) is 27.9 Å². The highest BCUT2D eigenvalue weighted by molar-refractivity contribution is 6.30. The molecule has 0 amide bonds. The quantitative estimate of drug-likeness (QED) is 0.613.